The van der Waals surface area contributed by atoms with Crippen LogP contribution in [0.2, 0.25) is 0 Å². The zero-order chi connectivity index (χ0) is 9.97. The summed E-state index contributed by atoms with van der Waals surface area (Å²) in [6.07, 6.45) is -0.984. The van der Waals surface area contributed by atoms with Crippen molar-refractivity contribution < 1.29 is 9.13 Å². The lowest BCUT2D eigenvalue weighted by atomic mass is 9.96. The van der Waals surface area contributed by atoms with Gasteiger partial charge in [0.25, 0.3) is 0 Å². The minimum atomic E-state index is -0.973. The van der Waals surface area contributed by atoms with E-state index in [1.165, 1.54) is 0 Å². The monoisotopic (exact) mass is 195 g/mol. The predicted molar refractivity (Wildman–Crippen MR) is 52.9 cm³/mol. The highest BCUT2D eigenvalue weighted by Crippen LogP contribution is 2.33. The number of likely N-dealkylation sites (N-methyl/N-ethyl adjacent to an activating group) is 1. The van der Waals surface area contributed by atoms with Gasteiger partial charge in [-0.2, -0.15) is 0 Å². The van der Waals surface area contributed by atoms with Crippen molar-refractivity contribution in [1.82, 2.24) is 5.32 Å². The number of rotatable bonds is 2. The Morgan fingerprint density at radius 1 is 1.43 bits per heavy atom. The third-order valence-corrected chi connectivity index (χ3v) is 2.51. The molecule has 0 amide bonds. The Balaban J connectivity index is 2.31. The summed E-state index contributed by atoms with van der Waals surface area (Å²) in [5.74, 6) is 0. The van der Waals surface area contributed by atoms with Gasteiger partial charge >= 0.3 is 0 Å². The van der Waals surface area contributed by atoms with Crippen molar-refractivity contribution in [2.45, 2.75) is 12.3 Å². The van der Waals surface area contributed by atoms with E-state index < -0.39 is 6.17 Å². The Morgan fingerprint density at radius 2 is 2.14 bits per heavy atom. The van der Waals surface area contributed by atoms with Gasteiger partial charge in [0, 0.05) is 6.54 Å². The first-order chi connectivity index (χ1) is 6.83. The average Bonchev–Trinajstić information content (AvgIpc) is 2.23. The van der Waals surface area contributed by atoms with Crippen molar-refractivity contribution in [2.75, 3.05) is 20.2 Å². The molecule has 1 N–H and O–H groups in total. The van der Waals surface area contributed by atoms with Gasteiger partial charge in [-0.05, 0) is 18.2 Å². The van der Waals surface area contributed by atoms with Gasteiger partial charge in [0.15, 0.2) is 0 Å². The summed E-state index contributed by atoms with van der Waals surface area (Å²) in [6.45, 7) is 0.896. The first-order valence-corrected chi connectivity index (χ1v) is 4.82. The number of hydrogen-bond donors (Lipinski definition) is 1. The third kappa shape index (κ3) is 1.65. The lowest BCUT2D eigenvalue weighted by Gasteiger charge is -2.28. The van der Waals surface area contributed by atoms with E-state index in [4.69, 9.17) is 4.74 Å². The fourth-order valence-corrected chi connectivity index (χ4v) is 1.82. The number of halogens is 1. The molecule has 1 aromatic carbocycles. The molecule has 0 saturated carbocycles. The molecule has 0 aliphatic carbocycles. The Morgan fingerprint density at radius 3 is 2.86 bits per heavy atom. The summed E-state index contributed by atoms with van der Waals surface area (Å²) in [5, 5.41) is 3.05. The standard InChI is InChI=1S/C11H14FNO/c1-13-6-11-9-5-3-2-4-8(9)10(12)7-14-11/h2-5,10-11,13H,6-7H2,1H3/t10-,11?/m0/s1. The highest BCUT2D eigenvalue weighted by atomic mass is 19.1. The van der Waals surface area contributed by atoms with Crippen LogP contribution in [0.1, 0.15) is 23.4 Å². The fourth-order valence-electron chi connectivity index (χ4n) is 1.82. The summed E-state index contributed by atoms with van der Waals surface area (Å²) in [7, 11) is 1.87. The normalized spacial score (nSPS) is 25.9. The topological polar surface area (TPSA) is 21.3 Å². The largest absolute Gasteiger partial charge is 0.369 e. The molecule has 0 radical (unpaired) electrons. The summed E-state index contributed by atoms with van der Waals surface area (Å²) in [6, 6.07) is 7.56. The first-order valence-electron chi connectivity index (χ1n) is 4.82. The highest BCUT2D eigenvalue weighted by molar-refractivity contribution is 5.33. The molecular weight excluding hydrogens is 181 g/mol. The molecule has 3 heteroatoms. The van der Waals surface area contributed by atoms with E-state index in [1.807, 2.05) is 31.3 Å². The molecule has 2 nitrogen and oxygen atoms in total. The van der Waals surface area contributed by atoms with Gasteiger partial charge in [0.05, 0.1) is 12.7 Å². The van der Waals surface area contributed by atoms with E-state index in [0.717, 1.165) is 17.7 Å². The SMILES string of the molecule is CNCC1OC[C@H](F)c2ccccc21. The molecule has 1 unspecified atom stereocenters. The van der Waals surface area contributed by atoms with Crippen molar-refractivity contribution in [3.05, 3.63) is 35.4 Å². The van der Waals surface area contributed by atoms with Crippen LogP contribution in [-0.2, 0) is 4.74 Å². The van der Waals surface area contributed by atoms with Crippen LogP contribution in [0.5, 0.6) is 0 Å². The molecule has 2 rings (SSSR count). The van der Waals surface area contributed by atoms with Gasteiger partial charge in [0.1, 0.15) is 6.17 Å². The van der Waals surface area contributed by atoms with Gasteiger partial charge in [0.2, 0.25) is 0 Å². The second kappa shape index (κ2) is 4.07. The van der Waals surface area contributed by atoms with Gasteiger partial charge in [-0.3, -0.25) is 0 Å². The van der Waals surface area contributed by atoms with E-state index in [1.54, 1.807) is 0 Å². The average molecular weight is 195 g/mol. The summed E-state index contributed by atoms with van der Waals surface area (Å²) >= 11 is 0. The molecule has 76 valence electrons. The van der Waals surface area contributed by atoms with Crippen LogP contribution in [0, 0.1) is 0 Å². The molecule has 0 bridgehead atoms. The van der Waals surface area contributed by atoms with Crippen molar-refractivity contribution in [2.24, 2.45) is 0 Å². The Bertz CT molecular complexity index is 316. The number of nitrogens with one attached hydrogen (secondary N) is 1. The summed E-state index contributed by atoms with van der Waals surface area (Å²) in [4.78, 5) is 0. The minimum absolute atomic E-state index is 0.0109. The molecule has 14 heavy (non-hydrogen) atoms. The van der Waals surface area contributed by atoms with E-state index >= 15 is 0 Å². The maximum Gasteiger partial charge on any atom is 0.149 e. The number of alkyl halides is 1. The quantitative estimate of drug-likeness (QED) is 0.779. The molecule has 0 saturated heterocycles. The van der Waals surface area contributed by atoms with Crippen molar-refractivity contribution in [3.63, 3.8) is 0 Å². The Labute approximate surface area is 83.1 Å². The second-order valence-corrected chi connectivity index (χ2v) is 3.48. The zero-order valence-electron chi connectivity index (χ0n) is 8.16. The van der Waals surface area contributed by atoms with Crippen LogP contribution in [0.4, 0.5) is 4.39 Å². The smallest absolute Gasteiger partial charge is 0.149 e. The Kier molecular flexibility index (Phi) is 2.79. The first kappa shape index (κ1) is 9.62. The zero-order valence-corrected chi connectivity index (χ0v) is 8.16. The molecule has 0 aromatic heterocycles. The lowest BCUT2D eigenvalue weighted by molar-refractivity contribution is 0.000545. The molecule has 1 aliphatic rings. The lowest BCUT2D eigenvalue weighted by Crippen LogP contribution is -2.26. The van der Waals surface area contributed by atoms with E-state index in [2.05, 4.69) is 5.32 Å². The van der Waals surface area contributed by atoms with Crippen LogP contribution >= 0.6 is 0 Å². The van der Waals surface area contributed by atoms with Crippen molar-refractivity contribution >= 4 is 0 Å². The van der Waals surface area contributed by atoms with Gasteiger partial charge < -0.3 is 10.1 Å². The van der Waals surface area contributed by atoms with Gasteiger partial charge in [-0.25, -0.2) is 4.39 Å². The molecular formula is C11H14FNO. The predicted octanol–water partition coefficient (Wildman–Crippen LogP) is 1.99. The van der Waals surface area contributed by atoms with Crippen LogP contribution in [0.25, 0.3) is 0 Å². The third-order valence-electron chi connectivity index (χ3n) is 2.51. The molecule has 0 fully saturated rings. The fraction of sp³-hybridized carbons (Fsp3) is 0.455. The molecule has 0 spiro atoms. The maximum atomic E-state index is 13.4. The number of hydrogen-bond acceptors (Lipinski definition) is 2. The highest BCUT2D eigenvalue weighted by Gasteiger charge is 2.26. The summed E-state index contributed by atoms with van der Waals surface area (Å²) < 4.78 is 18.9. The number of benzene rings is 1. The summed E-state index contributed by atoms with van der Waals surface area (Å²) in [5.41, 5.74) is 1.75. The minimum Gasteiger partial charge on any atom is -0.369 e. The molecule has 1 aliphatic heterocycles. The molecule has 2 atom stereocenters. The van der Waals surface area contributed by atoms with Gasteiger partial charge in [-0.1, -0.05) is 24.3 Å². The van der Waals surface area contributed by atoms with Crippen LogP contribution in [0.3, 0.4) is 0 Å². The maximum absolute atomic E-state index is 13.4. The number of ether oxygens (including phenoxy) is 1. The van der Waals surface area contributed by atoms with Crippen LogP contribution < -0.4 is 5.32 Å². The van der Waals surface area contributed by atoms with Crippen molar-refractivity contribution in [1.29, 1.82) is 0 Å². The van der Waals surface area contributed by atoms with Crippen LogP contribution in [0.15, 0.2) is 24.3 Å². The molecule has 1 heterocycles. The van der Waals surface area contributed by atoms with E-state index in [-0.39, 0.29) is 12.7 Å². The second-order valence-electron chi connectivity index (χ2n) is 3.48. The van der Waals surface area contributed by atoms with Gasteiger partial charge in [-0.15, -0.1) is 0 Å². The molecule has 1 aromatic rings. The number of fused-ring (bicyclic) bond motifs is 1. The van der Waals surface area contributed by atoms with Crippen LogP contribution in [-0.4, -0.2) is 20.2 Å². The van der Waals surface area contributed by atoms with Crippen molar-refractivity contribution in [3.8, 4) is 0 Å². The van der Waals surface area contributed by atoms with E-state index in [0.29, 0.717) is 0 Å². The Hall–Kier alpha value is -0.930. The van der Waals surface area contributed by atoms with E-state index in [9.17, 15) is 4.39 Å².